The van der Waals surface area contributed by atoms with E-state index in [1.807, 2.05) is 0 Å². The second-order valence-corrected chi connectivity index (χ2v) is 6.38. The van der Waals surface area contributed by atoms with Gasteiger partial charge < -0.3 is 5.32 Å². The van der Waals surface area contributed by atoms with Crippen molar-refractivity contribution < 1.29 is 4.79 Å². The van der Waals surface area contributed by atoms with E-state index in [9.17, 15) is 4.79 Å². The van der Waals surface area contributed by atoms with Crippen LogP contribution in [0.4, 0.5) is 0 Å². The van der Waals surface area contributed by atoms with Crippen LogP contribution in [0.2, 0.25) is 0 Å². The number of nitrogens with zero attached hydrogens (tertiary/aromatic N) is 1. The van der Waals surface area contributed by atoms with Gasteiger partial charge in [0, 0.05) is 18.9 Å². The standard InChI is InChI=1S/C14H24N2O/c1-14(2,3)10-13(17)16-12-6-4-11(5-7-12)8-9-15/h11-12H,4-8,10H2,1-3H3,(H,16,17). The van der Waals surface area contributed by atoms with Crippen LogP contribution < -0.4 is 5.32 Å². The molecule has 96 valence electrons. The van der Waals surface area contributed by atoms with Gasteiger partial charge >= 0.3 is 0 Å². The molecule has 1 aliphatic rings. The number of rotatable bonds is 3. The molecule has 1 fully saturated rings. The Bertz CT molecular complexity index is 290. The van der Waals surface area contributed by atoms with Gasteiger partial charge in [-0.05, 0) is 37.0 Å². The SMILES string of the molecule is CC(C)(C)CC(=O)NC1CCC(CC#N)CC1. The smallest absolute Gasteiger partial charge is 0.220 e. The second kappa shape index (κ2) is 6.05. The van der Waals surface area contributed by atoms with Crippen molar-refractivity contribution in [1.82, 2.24) is 5.32 Å². The minimum Gasteiger partial charge on any atom is -0.353 e. The Morgan fingerprint density at radius 1 is 1.29 bits per heavy atom. The van der Waals surface area contributed by atoms with Crippen molar-refractivity contribution in [3.8, 4) is 6.07 Å². The fourth-order valence-electron chi connectivity index (χ4n) is 2.40. The van der Waals surface area contributed by atoms with Crippen molar-refractivity contribution in [2.24, 2.45) is 11.3 Å². The van der Waals surface area contributed by atoms with Gasteiger partial charge in [0.05, 0.1) is 6.07 Å². The zero-order chi connectivity index (χ0) is 12.9. The van der Waals surface area contributed by atoms with E-state index >= 15 is 0 Å². The van der Waals surface area contributed by atoms with Crippen LogP contribution in [0.5, 0.6) is 0 Å². The third kappa shape index (κ3) is 5.72. The fourth-order valence-corrected chi connectivity index (χ4v) is 2.40. The first-order chi connectivity index (χ1) is 7.90. The lowest BCUT2D eigenvalue weighted by Gasteiger charge is -2.29. The Morgan fingerprint density at radius 3 is 2.35 bits per heavy atom. The number of hydrogen-bond donors (Lipinski definition) is 1. The molecule has 1 saturated carbocycles. The molecule has 0 bridgehead atoms. The molecule has 0 aromatic rings. The van der Waals surface area contributed by atoms with E-state index in [0.717, 1.165) is 25.7 Å². The van der Waals surface area contributed by atoms with Crippen LogP contribution in [0.3, 0.4) is 0 Å². The normalized spacial score (nSPS) is 25.1. The maximum atomic E-state index is 11.8. The minimum absolute atomic E-state index is 0.0576. The summed E-state index contributed by atoms with van der Waals surface area (Å²) >= 11 is 0. The number of carbonyl (C=O) groups excluding carboxylic acids is 1. The van der Waals surface area contributed by atoms with Gasteiger partial charge in [0.15, 0.2) is 0 Å². The van der Waals surface area contributed by atoms with Crippen LogP contribution in [0.1, 0.15) is 59.3 Å². The monoisotopic (exact) mass is 236 g/mol. The molecule has 1 aliphatic carbocycles. The molecule has 0 heterocycles. The first-order valence-electron chi connectivity index (χ1n) is 6.57. The van der Waals surface area contributed by atoms with E-state index in [1.165, 1.54) is 0 Å². The predicted molar refractivity (Wildman–Crippen MR) is 68.2 cm³/mol. The average molecular weight is 236 g/mol. The summed E-state index contributed by atoms with van der Waals surface area (Å²) in [6.45, 7) is 6.24. The number of amides is 1. The number of hydrogen-bond acceptors (Lipinski definition) is 2. The number of carbonyl (C=O) groups is 1. The van der Waals surface area contributed by atoms with Crippen LogP contribution in [0.25, 0.3) is 0 Å². The molecule has 17 heavy (non-hydrogen) atoms. The fraction of sp³-hybridized carbons (Fsp3) is 0.857. The Kier molecular flexibility index (Phi) is 4.99. The molecule has 0 radical (unpaired) electrons. The van der Waals surface area contributed by atoms with Gasteiger partial charge in [-0.25, -0.2) is 0 Å². The highest BCUT2D eigenvalue weighted by molar-refractivity contribution is 5.76. The van der Waals surface area contributed by atoms with Crippen LogP contribution in [-0.2, 0) is 4.79 Å². The Hall–Kier alpha value is -1.04. The molecule has 3 nitrogen and oxygen atoms in total. The first-order valence-corrected chi connectivity index (χ1v) is 6.57. The van der Waals surface area contributed by atoms with E-state index in [2.05, 4.69) is 32.2 Å². The summed E-state index contributed by atoms with van der Waals surface area (Å²) in [5.41, 5.74) is 0.0576. The van der Waals surface area contributed by atoms with E-state index in [1.54, 1.807) is 0 Å². The van der Waals surface area contributed by atoms with E-state index in [-0.39, 0.29) is 11.3 Å². The van der Waals surface area contributed by atoms with Crippen LogP contribution in [0.15, 0.2) is 0 Å². The van der Waals surface area contributed by atoms with Crippen LogP contribution in [-0.4, -0.2) is 11.9 Å². The van der Waals surface area contributed by atoms with Crippen molar-refractivity contribution in [2.45, 2.75) is 65.3 Å². The van der Waals surface area contributed by atoms with Crippen molar-refractivity contribution in [3.05, 3.63) is 0 Å². The van der Waals surface area contributed by atoms with Gasteiger partial charge in [-0.3, -0.25) is 4.79 Å². The molecule has 3 heteroatoms. The lowest BCUT2D eigenvalue weighted by atomic mass is 9.84. The van der Waals surface area contributed by atoms with Gasteiger partial charge in [-0.2, -0.15) is 5.26 Å². The highest BCUT2D eigenvalue weighted by Gasteiger charge is 2.23. The Morgan fingerprint density at radius 2 is 1.88 bits per heavy atom. The Labute approximate surface area is 105 Å². The summed E-state index contributed by atoms with van der Waals surface area (Å²) in [5, 5.41) is 11.8. The average Bonchev–Trinajstić information content (AvgIpc) is 2.18. The molecular weight excluding hydrogens is 212 g/mol. The molecule has 0 spiro atoms. The maximum absolute atomic E-state index is 11.8. The molecular formula is C14H24N2O. The summed E-state index contributed by atoms with van der Waals surface area (Å²) in [7, 11) is 0. The lowest BCUT2D eigenvalue weighted by molar-refractivity contribution is -0.123. The molecule has 0 atom stereocenters. The topological polar surface area (TPSA) is 52.9 Å². The van der Waals surface area contributed by atoms with Gasteiger partial charge in [-0.1, -0.05) is 20.8 Å². The van der Waals surface area contributed by atoms with Crippen molar-refractivity contribution in [2.75, 3.05) is 0 Å². The van der Waals surface area contributed by atoms with E-state index < -0.39 is 0 Å². The molecule has 0 unspecified atom stereocenters. The molecule has 0 aromatic carbocycles. The predicted octanol–water partition coefficient (Wildman–Crippen LogP) is 3.01. The largest absolute Gasteiger partial charge is 0.353 e. The first kappa shape index (κ1) is 14.0. The highest BCUT2D eigenvalue weighted by Crippen LogP contribution is 2.27. The summed E-state index contributed by atoms with van der Waals surface area (Å²) in [6.07, 6.45) is 5.47. The third-order valence-corrected chi connectivity index (χ3v) is 3.28. The molecule has 0 aliphatic heterocycles. The minimum atomic E-state index is 0.0576. The zero-order valence-corrected chi connectivity index (χ0v) is 11.3. The highest BCUT2D eigenvalue weighted by atomic mass is 16.1. The number of nitrogens with one attached hydrogen (secondary N) is 1. The molecule has 0 aromatic heterocycles. The second-order valence-electron chi connectivity index (χ2n) is 6.38. The van der Waals surface area contributed by atoms with Crippen molar-refractivity contribution in [1.29, 1.82) is 5.26 Å². The summed E-state index contributed by atoms with van der Waals surface area (Å²) in [5.74, 6) is 0.719. The number of nitriles is 1. The van der Waals surface area contributed by atoms with Gasteiger partial charge in [0.1, 0.15) is 0 Å². The van der Waals surface area contributed by atoms with E-state index in [0.29, 0.717) is 24.8 Å². The third-order valence-electron chi connectivity index (χ3n) is 3.28. The van der Waals surface area contributed by atoms with Gasteiger partial charge in [0.2, 0.25) is 5.91 Å². The molecule has 1 rings (SSSR count). The molecule has 1 amide bonds. The molecule has 1 N–H and O–H groups in total. The van der Waals surface area contributed by atoms with Crippen LogP contribution >= 0.6 is 0 Å². The summed E-state index contributed by atoms with van der Waals surface area (Å²) < 4.78 is 0. The lowest BCUT2D eigenvalue weighted by Crippen LogP contribution is -2.39. The van der Waals surface area contributed by atoms with Crippen molar-refractivity contribution >= 4 is 5.91 Å². The van der Waals surface area contributed by atoms with Crippen LogP contribution in [0, 0.1) is 22.7 Å². The maximum Gasteiger partial charge on any atom is 0.220 e. The quantitative estimate of drug-likeness (QED) is 0.819. The van der Waals surface area contributed by atoms with Gasteiger partial charge in [-0.15, -0.1) is 0 Å². The zero-order valence-electron chi connectivity index (χ0n) is 11.3. The summed E-state index contributed by atoms with van der Waals surface area (Å²) in [4.78, 5) is 11.8. The Balaban J connectivity index is 2.27. The van der Waals surface area contributed by atoms with Gasteiger partial charge in [0.25, 0.3) is 0 Å². The van der Waals surface area contributed by atoms with E-state index in [4.69, 9.17) is 5.26 Å². The molecule has 0 saturated heterocycles. The van der Waals surface area contributed by atoms with Crippen molar-refractivity contribution in [3.63, 3.8) is 0 Å². The summed E-state index contributed by atoms with van der Waals surface area (Å²) in [6, 6.07) is 2.57.